The largest absolute Gasteiger partial charge is 0.463 e. The number of imidazole rings is 1. The maximum Gasteiger partial charge on any atom is 0.334 e. The van der Waals surface area contributed by atoms with Crippen molar-refractivity contribution in [2.45, 2.75) is 65.5 Å². The first-order chi connectivity index (χ1) is 27.9. The van der Waals surface area contributed by atoms with Gasteiger partial charge in [0.2, 0.25) is 0 Å². The van der Waals surface area contributed by atoms with E-state index in [-0.39, 0.29) is 5.97 Å². The number of nitrogens with zero attached hydrogens (tertiary/aromatic N) is 6. The Morgan fingerprint density at radius 2 is 1.33 bits per heavy atom. The number of unbranched alkanes of at least 4 members (excludes halogenated alkanes) is 1. The first kappa shape index (κ1) is 38.8. The molecule has 0 aliphatic heterocycles. The van der Waals surface area contributed by atoms with Gasteiger partial charge in [0.25, 0.3) is 0 Å². The molecule has 0 aliphatic rings. The number of carbonyl (C=O) groups excluding carboxylic acids is 1. The van der Waals surface area contributed by atoms with Crippen LogP contribution in [0.25, 0.3) is 28.6 Å². The second-order valence-corrected chi connectivity index (χ2v) is 14.7. The van der Waals surface area contributed by atoms with Crippen molar-refractivity contribution in [1.82, 2.24) is 29.8 Å². The van der Waals surface area contributed by atoms with Crippen molar-refractivity contribution in [3.63, 3.8) is 0 Å². The van der Waals surface area contributed by atoms with Gasteiger partial charge in [0.05, 0.1) is 18.5 Å². The molecule has 7 aromatic rings. The molecular formula is C49H50N6O2. The highest BCUT2D eigenvalue weighted by molar-refractivity contribution is 5.93. The first-order valence-electron chi connectivity index (χ1n) is 20.0. The van der Waals surface area contributed by atoms with Gasteiger partial charge in [-0.1, -0.05) is 167 Å². The zero-order valence-electron chi connectivity index (χ0n) is 33.3. The third-order valence-electron chi connectivity index (χ3n) is 10.3. The van der Waals surface area contributed by atoms with Crippen LogP contribution in [0.3, 0.4) is 0 Å². The van der Waals surface area contributed by atoms with E-state index in [2.05, 4.69) is 146 Å². The van der Waals surface area contributed by atoms with Crippen molar-refractivity contribution >= 4 is 12.0 Å². The van der Waals surface area contributed by atoms with E-state index >= 15 is 0 Å². The van der Waals surface area contributed by atoms with E-state index in [1.165, 1.54) is 0 Å². The first-order valence-corrected chi connectivity index (χ1v) is 20.0. The van der Waals surface area contributed by atoms with Crippen LogP contribution in [-0.2, 0) is 28.0 Å². The highest BCUT2D eigenvalue weighted by Gasteiger charge is 2.42. The number of carbonyl (C=O) groups is 1. The zero-order valence-corrected chi connectivity index (χ0v) is 33.3. The van der Waals surface area contributed by atoms with Crippen molar-refractivity contribution in [3.8, 4) is 22.5 Å². The van der Waals surface area contributed by atoms with Gasteiger partial charge in [0.1, 0.15) is 11.4 Å². The van der Waals surface area contributed by atoms with Gasteiger partial charge >= 0.3 is 5.97 Å². The quantitative estimate of drug-likeness (QED) is 0.0555. The molecule has 2 heterocycles. The Balaban J connectivity index is 1.29. The summed E-state index contributed by atoms with van der Waals surface area (Å²) in [5.74, 6) is 1.70. The summed E-state index contributed by atoms with van der Waals surface area (Å²) in [5, 5.41) is 13.9. The van der Waals surface area contributed by atoms with E-state index in [4.69, 9.17) is 20.0 Å². The number of hydrogen-bond acceptors (Lipinski definition) is 6. The molecule has 0 spiro atoms. The standard InChI is InChI=1S/C49H50N6O2/c1-5-7-27-46-50-34-43(33-39(32-36(3)4)48(56)57-6-2)54(46)35-37-28-30-38(31-29-37)44-25-17-18-26-45(44)47-51-52-53-55(47)49(40-19-11-8-12-20-40,41-21-13-9-14-22-41)42-23-15-10-16-24-42/h8-26,28-31,33-34,36H,5-7,27,32,35H2,1-4H3. The van der Waals surface area contributed by atoms with Crippen molar-refractivity contribution in [2.24, 2.45) is 5.92 Å². The molecule has 0 saturated heterocycles. The molecule has 57 heavy (non-hydrogen) atoms. The van der Waals surface area contributed by atoms with Crippen LogP contribution in [0.4, 0.5) is 0 Å². The number of ether oxygens (including phenoxy) is 1. The van der Waals surface area contributed by atoms with Gasteiger partial charge in [-0.2, -0.15) is 0 Å². The summed E-state index contributed by atoms with van der Waals surface area (Å²) in [4.78, 5) is 17.8. The predicted molar refractivity (Wildman–Crippen MR) is 227 cm³/mol. The van der Waals surface area contributed by atoms with Gasteiger partial charge in [-0.05, 0) is 75.6 Å². The molecule has 0 bridgehead atoms. The molecule has 7 rings (SSSR count). The fraction of sp³-hybridized carbons (Fsp3) is 0.245. The summed E-state index contributed by atoms with van der Waals surface area (Å²) in [6.45, 7) is 9.22. The molecule has 0 amide bonds. The maximum absolute atomic E-state index is 13.0. The SMILES string of the molecule is CCCCc1ncc(C=C(CC(C)C)C(=O)OCC)n1Cc1ccc(-c2ccccc2-c2nnnn2C(c2ccccc2)(c2ccccc2)c2ccccc2)cc1. The van der Waals surface area contributed by atoms with Crippen molar-refractivity contribution in [2.75, 3.05) is 6.61 Å². The second-order valence-electron chi connectivity index (χ2n) is 14.7. The fourth-order valence-corrected chi connectivity index (χ4v) is 7.69. The number of hydrogen-bond donors (Lipinski definition) is 0. The number of esters is 1. The van der Waals surface area contributed by atoms with Gasteiger partial charge in [-0.3, -0.25) is 0 Å². The van der Waals surface area contributed by atoms with Crippen molar-refractivity contribution in [3.05, 3.63) is 185 Å². The summed E-state index contributed by atoms with van der Waals surface area (Å²) in [6, 6.07) is 48.4. The normalized spacial score (nSPS) is 11.9. The molecular weight excluding hydrogens is 705 g/mol. The Hall–Kier alpha value is -6.41. The highest BCUT2D eigenvalue weighted by atomic mass is 16.5. The summed E-state index contributed by atoms with van der Waals surface area (Å²) in [5.41, 5.74) is 7.96. The van der Waals surface area contributed by atoms with Crippen LogP contribution >= 0.6 is 0 Å². The molecule has 0 atom stereocenters. The summed E-state index contributed by atoms with van der Waals surface area (Å²) >= 11 is 0. The lowest BCUT2D eigenvalue weighted by Gasteiger charge is -2.36. The average Bonchev–Trinajstić information content (AvgIpc) is 3.89. The van der Waals surface area contributed by atoms with E-state index in [0.29, 0.717) is 36.9 Å². The van der Waals surface area contributed by atoms with Crippen LogP contribution in [0.1, 0.15) is 80.7 Å². The summed E-state index contributed by atoms with van der Waals surface area (Å²) in [6.07, 6.45) is 7.45. The molecule has 5 aromatic carbocycles. The molecule has 0 aliphatic carbocycles. The number of benzene rings is 5. The second kappa shape index (κ2) is 18.0. The topological polar surface area (TPSA) is 87.7 Å². The Morgan fingerprint density at radius 1 is 0.754 bits per heavy atom. The molecule has 8 nitrogen and oxygen atoms in total. The van der Waals surface area contributed by atoms with Gasteiger partial charge < -0.3 is 9.30 Å². The molecule has 0 fully saturated rings. The van der Waals surface area contributed by atoms with E-state index in [1.807, 2.05) is 48.1 Å². The lowest BCUT2D eigenvalue weighted by molar-refractivity contribution is -0.138. The van der Waals surface area contributed by atoms with Crippen LogP contribution in [0.5, 0.6) is 0 Å². The molecule has 2 aromatic heterocycles. The zero-order chi connectivity index (χ0) is 39.6. The van der Waals surface area contributed by atoms with Crippen molar-refractivity contribution in [1.29, 1.82) is 0 Å². The van der Waals surface area contributed by atoms with E-state index in [1.54, 1.807) is 0 Å². The van der Waals surface area contributed by atoms with Gasteiger partial charge in [0, 0.05) is 24.1 Å². The van der Waals surface area contributed by atoms with Crippen LogP contribution in [-0.4, -0.2) is 42.3 Å². The van der Waals surface area contributed by atoms with Crippen LogP contribution < -0.4 is 0 Å². The lowest BCUT2D eigenvalue weighted by Crippen LogP contribution is -2.39. The third-order valence-corrected chi connectivity index (χ3v) is 10.3. The molecule has 288 valence electrons. The van der Waals surface area contributed by atoms with Crippen LogP contribution in [0.15, 0.2) is 151 Å². The van der Waals surface area contributed by atoms with E-state index < -0.39 is 5.54 Å². The van der Waals surface area contributed by atoms with Crippen molar-refractivity contribution < 1.29 is 9.53 Å². The van der Waals surface area contributed by atoms with Gasteiger partial charge in [-0.25, -0.2) is 14.5 Å². The van der Waals surface area contributed by atoms with Crippen LogP contribution in [0, 0.1) is 5.92 Å². The Morgan fingerprint density at radius 3 is 1.89 bits per heavy atom. The van der Waals surface area contributed by atoms with E-state index in [9.17, 15) is 4.79 Å². The number of tetrazole rings is 1. The minimum Gasteiger partial charge on any atom is -0.463 e. The van der Waals surface area contributed by atoms with Gasteiger partial charge in [0.15, 0.2) is 5.82 Å². The smallest absolute Gasteiger partial charge is 0.334 e. The maximum atomic E-state index is 13.0. The molecule has 8 heteroatoms. The highest BCUT2D eigenvalue weighted by Crippen LogP contribution is 2.43. The lowest BCUT2D eigenvalue weighted by atomic mass is 9.77. The fourth-order valence-electron chi connectivity index (χ4n) is 7.69. The Labute approximate surface area is 335 Å². The molecule has 0 saturated carbocycles. The van der Waals surface area contributed by atoms with Crippen LogP contribution in [0.2, 0.25) is 0 Å². The summed E-state index contributed by atoms with van der Waals surface area (Å²) in [7, 11) is 0. The van der Waals surface area contributed by atoms with Gasteiger partial charge in [-0.15, -0.1) is 5.10 Å². The van der Waals surface area contributed by atoms with E-state index in [0.717, 1.165) is 69.7 Å². The number of rotatable bonds is 16. The summed E-state index contributed by atoms with van der Waals surface area (Å²) < 4.78 is 9.66. The average molecular weight is 755 g/mol. The number of aryl methyl sites for hydroxylation is 1. The molecule has 0 N–H and O–H groups in total. The molecule has 0 unspecified atom stereocenters. The number of aromatic nitrogens is 6. The Kier molecular flexibility index (Phi) is 12.3. The minimum absolute atomic E-state index is 0.267. The third kappa shape index (κ3) is 8.26. The predicted octanol–water partition coefficient (Wildman–Crippen LogP) is 10.4. The minimum atomic E-state index is -0.867. The molecule has 0 radical (unpaired) electrons. The monoisotopic (exact) mass is 754 g/mol. The Bertz CT molecular complexity index is 2300.